The molecule has 0 heterocycles. The summed E-state index contributed by atoms with van der Waals surface area (Å²) in [6, 6.07) is -0.830. The molecule has 0 rings (SSSR count). The number of nitrogens with one attached hydrogen (secondary N) is 4. The first-order valence-corrected chi connectivity index (χ1v) is 23.8. The molecule has 0 aromatic heterocycles. The van der Waals surface area contributed by atoms with E-state index in [1.807, 2.05) is 0 Å². The maximum Gasteiger partial charge on any atom is 0.321 e. The van der Waals surface area contributed by atoms with Crippen LogP contribution in [0.3, 0.4) is 0 Å². The van der Waals surface area contributed by atoms with Gasteiger partial charge in [0, 0.05) is 6.54 Å². The second-order valence-electron chi connectivity index (χ2n) is 16.2. The van der Waals surface area contributed by atoms with E-state index in [1.54, 1.807) is 0 Å². The lowest BCUT2D eigenvalue weighted by Gasteiger charge is -2.14. The van der Waals surface area contributed by atoms with Gasteiger partial charge in [0.2, 0.25) is 5.91 Å². The molecule has 0 aliphatic rings. The largest absolute Gasteiger partial charge is 0.480 e. The van der Waals surface area contributed by atoms with Gasteiger partial charge >= 0.3 is 5.97 Å². The third-order valence-electron chi connectivity index (χ3n) is 10.9. The summed E-state index contributed by atoms with van der Waals surface area (Å²) in [4.78, 5) is 24.0. The summed E-state index contributed by atoms with van der Waals surface area (Å²) in [5, 5.41) is 22.5. The molecule has 0 aliphatic carbocycles. The Morgan fingerprint density at radius 3 is 0.981 bits per heavy atom. The highest BCUT2D eigenvalue weighted by Crippen LogP contribution is 2.15. The van der Waals surface area contributed by atoms with E-state index in [2.05, 4.69) is 35.1 Å². The lowest BCUT2D eigenvalue weighted by molar-refractivity contribution is -0.141. The van der Waals surface area contributed by atoms with Gasteiger partial charge in [-0.05, 0) is 58.4 Å². The Morgan fingerprint density at radius 1 is 0.377 bits per heavy atom. The van der Waals surface area contributed by atoms with Crippen molar-refractivity contribution in [2.45, 2.75) is 245 Å². The van der Waals surface area contributed by atoms with Crippen molar-refractivity contribution in [1.29, 1.82) is 0 Å². The van der Waals surface area contributed by atoms with Crippen LogP contribution in [0.1, 0.15) is 239 Å². The Kier molecular flexibility index (Phi) is 44.2. The fraction of sp³-hybridized carbons (Fsp3) is 0.957. The molecule has 316 valence electrons. The van der Waals surface area contributed by atoms with E-state index < -0.39 is 12.0 Å². The van der Waals surface area contributed by atoms with E-state index in [9.17, 15) is 14.7 Å². The Morgan fingerprint density at radius 2 is 0.660 bits per heavy atom. The molecule has 0 radical (unpaired) electrons. The van der Waals surface area contributed by atoms with Gasteiger partial charge in [-0.15, -0.1) is 0 Å². The van der Waals surface area contributed by atoms with Gasteiger partial charge in [0.15, 0.2) is 0 Å². The summed E-state index contributed by atoms with van der Waals surface area (Å²) in [5.74, 6) is -1.15. The zero-order valence-corrected chi connectivity index (χ0v) is 35.8. The van der Waals surface area contributed by atoms with Crippen LogP contribution in [0.5, 0.6) is 0 Å². The molecule has 0 aromatic rings. The average molecular weight is 751 g/mol. The van der Waals surface area contributed by atoms with E-state index in [4.69, 9.17) is 0 Å². The quantitative estimate of drug-likeness (QED) is 0.0397. The number of carbonyl (C=O) groups is 2. The molecule has 0 bridgehead atoms. The highest BCUT2D eigenvalue weighted by atomic mass is 16.4. The standard InChI is InChI=1S/C46H94N4O3/c1-3-5-7-9-11-13-15-17-19-21-23-25-27-29-31-33-37-47-39-35-41-49-44(46(52)53)43-45(51)50-42-36-40-48-38-34-32-30-28-26-24-22-20-18-16-14-12-10-8-6-4-2/h44,47-49H,3-43H2,1-2H3,(H,50,51)(H,52,53)/t44-/m0/s1. The summed E-state index contributed by atoms with van der Waals surface area (Å²) in [5.41, 5.74) is 0. The molecule has 0 saturated carbocycles. The van der Waals surface area contributed by atoms with Crippen molar-refractivity contribution in [1.82, 2.24) is 21.3 Å². The minimum absolute atomic E-state index is 0.0193. The van der Waals surface area contributed by atoms with Crippen molar-refractivity contribution in [2.75, 3.05) is 39.3 Å². The SMILES string of the molecule is CCCCCCCCCCCCCCCCCCNCCCNC(=O)C[C@H](NCCCNCCCCCCCCCCCCCCCCCC)C(=O)O. The summed E-state index contributed by atoms with van der Waals surface area (Å²) in [6.45, 7) is 9.56. The first-order valence-electron chi connectivity index (χ1n) is 23.8. The van der Waals surface area contributed by atoms with Crippen LogP contribution in [0.15, 0.2) is 0 Å². The van der Waals surface area contributed by atoms with Crippen molar-refractivity contribution in [3.05, 3.63) is 0 Å². The third-order valence-corrected chi connectivity index (χ3v) is 10.9. The third kappa shape index (κ3) is 43.4. The van der Waals surface area contributed by atoms with Crippen LogP contribution in [-0.2, 0) is 9.59 Å². The molecule has 0 aliphatic heterocycles. The van der Waals surface area contributed by atoms with Gasteiger partial charge in [0.25, 0.3) is 0 Å². The van der Waals surface area contributed by atoms with Crippen molar-refractivity contribution in [3.8, 4) is 0 Å². The smallest absolute Gasteiger partial charge is 0.321 e. The summed E-state index contributed by atoms with van der Waals surface area (Å²) in [6.07, 6.45) is 46.1. The Balaban J connectivity index is 3.43. The highest BCUT2D eigenvalue weighted by molar-refractivity contribution is 5.84. The van der Waals surface area contributed by atoms with Gasteiger partial charge in [0.1, 0.15) is 6.04 Å². The van der Waals surface area contributed by atoms with Gasteiger partial charge in [-0.1, -0.05) is 206 Å². The molecule has 0 unspecified atom stereocenters. The lowest BCUT2D eigenvalue weighted by Crippen LogP contribution is -2.42. The molecule has 0 saturated heterocycles. The number of aliphatic carboxylic acids is 1. The Labute approximate surface area is 330 Å². The minimum Gasteiger partial charge on any atom is -0.480 e. The van der Waals surface area contributed by atoms with Gasteiger partial charge < -0.3 is 26.4 Å². The van der Waals surface area contributed by atoms with E-state index in [0.717, 1.165) is 39.0 Å². The molecule has 7 nitrogen and oxygen atoms in total. The highest BCUT2D eigenvalue weighted by Gasteiger charge is 2.20. The van der Waals surface area contributed by atoms with E-state index in [-0.39, 0.29) is 12.3 Å². The zero-order valence-electron chi connectivity index (χ0n) is 35.8. The molecule has 7 heteroatoms. The second kappa shape index (κ2) is 45.2. The van der Waals surface area contributed by atoms with Crippen LogP contribution < -0.4 is 21.3 Å². The monoisotopic (exact) mass is 751 g/mol. The molecule has 1 atom stereocenters. The predicted molar refractivity (Wildman–Crippen MR) is 231 cm³/mol. The molecular weight excluding hydrogens is 657 g/mol. The zero-order chi connectivity index (χ0) is 38.6. The minimum atomic E-state index is -0.957. The predicted octanol–water partition coefficient (Wildman–Crippen LogP) is 12.0. The summed E-state index contributed by atoms with van der Waals surface area (Å²) < 4.78 is 0. The van der Waals surface area contributed by atoms with Crippen molar-refractivity contribution in [2.24, 2.45) is 0 Å². The van der Waals surface area contributed by atoms with Crippen LogP contribution in [-0.4, -0.2) is 62.3 Å². The van der Waals surface area contributed by atoms with Crippen LogP contribution in [0.25, 0.3) is 0 Å². The van der Waals surface area contributed by atoms with Crippen LogP contribution in [0.2, 0.25) is 0 Å². The maximum atomic E-state index is 12.3. The van der Waals surface area contributed by atoms with Gasteiger partial charge in [-0.25, -0.2) is 0 Å². The van der Waals surface area contributed by atoms with E-state index in [1.165, 1.54) is 205 Å². The molecular formula is C46H94N4O3. The number of carboxylic acid groups (broad SMARTS) is 1. The fourth-order valence-corrected chi connectivity index (χ4v) is 7.28. The Bertz CT molecular complexity index is 738. The lowest BCUT2D eigenvalue weighted by atomic mass is 10.0. The van der Waals surface area contributed by atoms with E-state index >= 15 is 0 Å². The van der Waals surface area contributed by atoms with Crippen LogP contribution in [0.4, 0.5) is 0 Å². The number of amides is 1. The average Bonchev–Trinajstić information content (AvgIpc) is 3.15. The molecule has 0 fully saturated rings. The van der Waals surface area contributed by atoms with Crippen molar-refractivity contribution in [3.63, 3.8) is 0 Å². The maximum absolute atomic E-state index is 12.3. The van der Waals surface area contributed by atoms with Gasteiger partial charge in [0.05, 0.1) is 6.42 Å². The van der Waals surface area contributed by atoms with Crippen molar-refractivity contribution >= 4 is 11.9 Å². The molecule has 1 amide bonds. The Hall–Kier alpha value is -1.18. The topological polar surface area (TPSA) is 102 Å². The first-order chi connectivity index (χ1) is 26.1. The van der Waals surface area contributed by atoms with Crippen molar-refractivity contribution < 1.29 is 14.7 Å². The first kappa shape index (κ1) is 51.8. The normalized spacial score (nSPS) is 12.0. The molecule has 0 aromatic carbocycles. The van der Waals surface area contributed by atoms with Gasteiger partial charge in [-0.2, -0.15) is 0 Å². The summed E-state index contributed by atoms with van der Waals surface area (Å²) >= 11 is 0. The van der Waals surface area contributed by atoms with E-state index in [0.29, 0.717) is 13.1 Å². The molecule has 53 heavy (non-hydrogen) atoms. The van der Waals surface area contributed by atoms with Gasteiger partial charge in [-0.3, -0.25) is 9.59 Å². The summed E-state index contributed by atoms with van der Waals surface area (Å²) in [7, 11) is 0. The van der Waals surface area contributed by atoms with Crippen LogP contribution >= 0.6 is 0 Å². The molecule has 5 N–H and O–H groups in total. The second-order valence-corrected chi connectivity index (χ2v) is 16.2. The number of hydrogen-bond donors (Lipinski definition) is 5. The van der Waals surface area contributed by atoms with Crippen LogP contribution in [0, 0.1) is 0 Å². The number of hydrogen-bond acceptors (Lipinski definition) is 5. The number of unbranched alkanes of at least 4 members (excludes halogenated alkanes) is 30. The number of carboxylic acids is 1. The molecule has 0 spiro atoms. The fourth-order valence-electron chi connectivity index (χ4n) is 7.28. The number of carbonyl (C=O) groups excluding carboxylic acids is 1. The number of rotatable bonds is 46.